The summed E-state index contributed by atoms with van der Waals surface area (Å²) in [6, 6.07) is 8.13. The summed E-state index contributed by atoms with van der Waals surface area (Å²) in [5.74, 6) is 0.627. The van der Waals surface area contributed by atoms with Crippen LogP contribution in [-0.4, -0.2) is 39.1 Å². The average Bonchev–Trinajstić information content (AvgIpc) is 3.12. The molecule has 0 saturated carbocycles. The van der Waals surface area contributed by atoms with Gasteiger partial charge in [0.05, 0.1) is 26.0 Å². The molecule has 23 heavy (non-hydrogen) atoms. The van der Waals surface area contributed by atoms with Gasteiger partial charge in [0.2, 0.25) is 0 Å². The Hall–Kier alpha value is -2.96. The lowest BCUT2D eigenvalue weighted by Crippen LogP contribution is -2.34. The van der Waals surface area contributed by atoms with E-state index in [1.54, 1.807) is 30.3 Å². The van der Waals surface area contributed by atoms with Crippen LogP contribution in [-0.2, 0) is 0 Å². The number of carbonyl (C=O) groups is 2. The molecule has 0 radical (unpaired) electrons. The highest BCUT2D eigenvalue weighted by Crippen LogP contribution is 2.24. The summed E-state index contributed by atoms with van der Waals surface area (Å²) in [5.41, 5.74) is 0.394. The molecule has 0 bridgehead atoms. The fourth-order valence-electron chi connectivity index (χ4n) is 1.93. The van der Waals surface area contributed by atoms with Gasteiger partial charge in [0.25, 0.3) is 11.8 Å². The Morgan fingerprint density at radius 1 is 1.04 bits per heavy atom. The van der Waals surface area contributed by atoms with Gasteiger partial charge in [0.15, 0.2) is 5.76 Å². The van der Waals surface area contributed by atoms with Gasteiger partial charge in [-0.25, -0.2) is 0 Å². The maximum atomic E-state index is 12.1. The van der Waals surface area contributed by atoms with Crippen molar-refractivity contribution in [2.24, 2.45) is 0 Å². The van der Waals surface area contributed by atoms with E-state index in [4.69, 9.17) is 13.9 Å². The number of methoxy groups -OCH3 is 2. The van der Waals surface area contributed by atoms with Crippen LogP contribution in [0, 0.1) is 0 Å². The molecule has 2 amide bonds. The molecule has 0 saturated heterocycles. The molecule has 7 nitrogen and oxygen atoms in total. The maximum Gasteiger partial charge on any atom is 0.287 e. The van der Waals surface area contributed by atoms with Crippen LogP contribution in [0.25, 0.3) is 0 Å². The van der Waals surface area contributed by atoms with Gasteiger partial charge in [-0.15, -0.1) is 0 Å². The number of benzene rings is 1. The molecule has 0 fully saturated rings. The lowest BCUT2D eigenvalue weighted by molar-refractivity contribution is 0.0909. The average molecular weight is 318 g/mol. The van der Waals surface area contributed by atoms with Crippen molar-refractivity contribution in [1.82, 2.24) is 10.6 Å². The van der Waals surface area contributed by atoms with Crippen molar-refractivity contribution in [3.05, 3.63) is 47.9 Å². The number of rotatable bonds is 7. The zero-order valence-electron chi connectivity index (χ0n) is 12.9. The van der Waals surface area contributed by atoms with Crippen molar-refractivity contribution in [2.75, 3.05) is 27.3 Å². The first kappa shape index (κ1) is 16.4. The number of carbonyl (C=O) groups excluding carboxylic acids is 2. The second kappa shape index (κ2) is 7.88. The van der Waals surface area contributed by atoms with Crippen LogP contribution in [0.2, 0.25) is 0 Å². The van der Waals surface area contributed by atoms with Gasteiger partial charge in [-0.1, -0.05) is 0 Å². The van der Waals surface area contributed by atoms with Crippen molar-refractivity contribution < 1.29 is 23.5 Å². The molecule has 0 aliphatic carbocycles. The standard InChI is InChI=1S/C16H18N2O5/c1-21-11-5-6-12(14(10-11)22-2)15(19)17-7-8-18-16(20)13-4-3-9-23-13/h3-6,9-10H,7-8H2,1-2H3,(H,17,19)(H,18,20). The monoisotopic (exact) mass is 318 g/mol. The molecule has 0 unspecified atom stereocenters. The van der Waals surface area contributed by atoms with E-state index in [2.05, 4.69) is 10.6 Å². The number of hydrogen-bond donors (Lipinski definition) is 2. The molecule has 0 atom stereocenters. The second-order valence-electron chi connectivity index (χ2n) is 4.56. The minimum atomic E-state index is -0.328. The van der Waals surface area contributed by atoms with Gasteiger partial charge in [-0.05, 0) is 24.3 Å². The highest BCUT2D eigenvalue weighted by Gasteiger charge is 2.13. The van der Waals surface area contributed by atoms with Gasteiger partial charge >= 0.3 is 0 Å². The van der Waals surface area contributed by atoms with Crippen LogP contribution >= 0.6 is 0 Å². The summed E-state index contributed by atoms with van der Waals surface area (Å²) in [4.78, 5) is 23.8. The predicted molar refractivity (Wildman–Crippen MR) is 82.9 cm³/mol. The van der Waals surface area contributed by atoms with E-state index in [1.807, 2.05) is 0 Å². The van der Waals surface area contributed by atoms with Crippen LogP contribution in [0.15, 0.2) is 41.0 Å². The van der Waals surface area contributed by atoms with Gasteiger partial charge in [0.1, 0.15) is 11.5 Å². The van der Waals surface area contributed by atoms with E-state index in [9.17, 15) is 9.59 Å². The summed E-state index contributed by atoms with van der Waals surface area (Å²) in [6.07, 6.45) is 1.42. The van der Waals surface area contributed by atoms with Gasteiger partial charge in [-0.3, -0.25) is 9.59 Å². The van der Waals surface area contributed by atoms with E-state index in [0.29, 0.717) is 17.1 Å². The minimum absolute atomic E-state index is 0.230. The molecule has 2 rings (SSSR count). The van der Waals surface area contributed by atoms with Crippen molar-refractivity contribution in [1.29, 1.82) is 0 Å². The maximum absolute atomic E-state index is 12.1. The van der Waals surface area contributed by atoms with Crippen LogP contribution in [0.1, 0.15) is 20.9 Å². The minimum Gasteiger partial charge on any atom is -0.497 e. The third-order valence-corrected chi connectivity index (χ3v) is 3.09. The molecule has 7 heteroatoms. The highest BCUT2D eigenvalue weighted by molar-refractivity contribution is 5.97. The Morgan fingerprint density at radius 2 is 1.78 bits per heavy atom. The molecule has 0 spiro atoms. The molecule has 0 aliphatic rings. The zero-order valence-corrected chi connectivity index (χ0v) is 12.9. The van der Waals surface area contributed by atoms with Gasteiger partial charge < -0.3 is 24.5 Å². The zero-order chi connectivity index (χ0) is 16.7. The van der Waals surface area contributed by atoms with Gasteiger partial charge in [0, 0.05) is 19.2 Å². The summed E-state index contributed by atoms with van der Waals surface area (Å²) in [5, 5.41) is 5.35. The van der Waals surface area contributed by atoms with Crippen molar-refractivity contribution in [3.63, 3.8) is 0 Å². The van der Waals surface area contributed by atoms with Crippen LogP contribution in [0.5, 0.6) is 11.5 Å². The SMILES string of the molecule is COc1ccc(C(=O)NCCNC(=O)c2ccco2)c(OC)c1. The number of nitrogens with one attached hydrogen (secondary N) is 2. The summed E-state index contributed by atoms with van der Waals surface area (Å²) >= 11 is 0. The lowest BCUT2D eigenvalue weighted by Gasteiger charge is -2.11. The first-order chi connectivity index (χ1) is 11.2. The third-order valence-electron chi connectivity index (χ3n) is 3.09. The second-order valence-corrected chi connectivity index (χ2v) is 4.56. The number of amides is 2. The molecule has 2 N–H and O–H groups in total. The number of hydrogen-bond acceptors (Lipinski definition) is 5. The van der Waals surface area contributed by atoms with E-state index >= 15 is 0 Å². The van der Waals surface area contributed by atoms with Crippen molar-refractivity contribution in [2.45, 2.75) is 0 Å². The van der Waals surface area contributed by atoms with E-state index in [0.717, 1.165) is 0 Å². The molecule has 122 valence electrons. The number of ether oxygens (including phenoxy) is 2. The Labute approximate surface area is 133 Å². The van der Waals surface area contributed by atoms with Crippen LogP contribution < -0.4 is 20.1 Å². The summed E-state index contributed by atoms with van der Waals surface area (Å²) < 4.78 is 15.2. The summed E-state index contributed by atoms with van der Waals surface area (Å²) in [7, 11) is 3.02. The molecular formula is C16H18N2O5. The van der Waals surface area contributed by atoms with Gasteiger partial charge in [-0.2, -0.15) is 0 Å². The van der Waals surface area contributed by atoms with Crippen LogP contribution in [0.3, 0.4) is 0 Å². The molecule has 1 aromatic carbocycles. The smallest absolute Gasteiger partial charge is 0.287 e. The van der Waals surface area contributed by atoms with E-state index in [1.165, 1.54) is 20.5 Å². The van der Waals surface area contributed by atoms with Crippen LogP contribution in [0.4, 0.5) is 0 Å². The van der Waals surface area contributed by atoms with Crippen molar-refractivity contribution >= 4 is 11.8 Å². The normalized spacial score (nSPS) is 10.0. The highest BCUT2D eigenvalue weighted by atomic mass is 16.5. The Kier molecular flexibility index (Phi) is 5.62. The molecular weight excluding hydrogens is 300 g/mol. The van der Waals surface area contributed by atoms with E-state index < -0.39 is 0 Å². The first-order valence-electron chi connectivity index (χ1n) is 6.97. The fraction of sp³-hybridized carbons (Fsp3) is 0.250. The molecule has 1 heterocycles. The van der Waals surface area contributed by atoms with E-state index in [-0.39, 0.29) is 30.7 Å². The summed E-state index contributed by atoms with van der Waals surface area (Å²) in [6.45, 7) is 0.560. The molecule has 1 aromatic heterocycles. The Bertz CT molecular complexity index is 667. The van der Waals surface area contributed by atoms with Crippen molar-refractivity contribution in [3.8, 4) is 11.5 Å². The number of furan rings is 1. The molecule has 2 aromatic rings. The largest absolute Gasteiger partial charge is 0.497 e. The topological polar surface area (TPSA) is 89.8 Å². The third kappa shape index (κ3) is 4.26. The Morgan fingerprint density at radius 3 is 2.39 bits per heavy atom. The lowest BCUT2D eigenvalue weighted by atomic mass is 10.1. The molecule has 0 aliphatic heterocycles. The predicted octanol–water partition coefficient (Wildman–Crippen LogP) is 1.46. The fourth-order valence-corrected chi connectivity index (χ4v) is 1.93. The Balaban J connectivity index is 1.84. The quantitative estimate of drug-likeness (QED) is 0.754. The first-order valence-corrected chi connectivity index (χ1v) is 6.97.